The predicted octanol–water partition coefficient (Wildman–Crippen LogP) is 3.52. The van der Waals surface area contributed by atoms with E-state index in [-0.39, 0.29) is 24.0 Å². The first-order valence-electron chi connectivity index (χ1n) is 10.6. The Labute approximate surface area is 200 Å². The number of imidazole rings is 1. The van der Waals surface area contributed by atoms with Crippen LogP contribution in [0.5, 0.6) is 5.75 Å². The van der Waals surface area contributed by atoms with Gasteiger partial charge in [0.15, 0.2) is 5.96 Å². The topological polar surface area (TPSA) is 68.8 Å². The molecular weight excluding hydrogens is 503 g/mol. The lowest BCUT2D eigenvalue weighted by Gasteiger charge is -2.37. The summed E-state index contributed by atoms with van der Waals surface area (Å²) >= 11 is 0. The Balaban J connectivity index is 0.00000272. The molecule has 1 aliphatic rings. The molecule has 2 heterocycles. The summed E-state index contributed by atoms with van der Waals surface area (Å²) in [5.74, 6) is 2.87. The largest absolute Gasteiger partial charge is 0.497 e. The number of guanidine groups is 1. The van der Waals surface area contributed by atoms with Crippen molar-refractivity contribution in [2.75, 3.05) is 51.3 Å². The van der Waals surface area contributed by atoms with Gasteiger partial charge in [-0.25, -0.2) is 4.98 Å². The number of halogens is 1. The molecule has 8 heteroatoms. The number of nitrogens with zero attached hydrogens (tertiary/aromatic N) is 4. The number of aromatic nitrogens is 2. The number of anilines is 1. The van der Waals surface area contributed by atoms with E-state index in [1.54, 1.807) is 7.11 Å². The minimum atomic E-state index is 0. The van der Waals surface area contributed by atoms with Gasteiger partial charge < -0.3 is 24.8 Å². The zero-order valence-corrected chi connectivity index (χ0v) is 20.5. The van der Waals surface area contributed by atoms with Gasteiger partial charge in [-0.3, -0.25) is 4.99 Å². The number of hydrogen-bond acceptors (Lipinski definition) is 4. The molecule has 0 unspecified atom stereocenters. The number of methoxy groups -OCH3 is 1. The number of H-pyrrole nitrogens is 1. The molecule has 0 bridgehead atoms. The molecule has 1 aromatic heterocycles. The highest BCUT2D eigenvalue weighted by molar-refractivity contribution is 14.0. The molecule has 1 saturated heterocycles. The van der Waals surface area contributed by atoms with Crippen molar-refractivity contribution in [3.05, 3.63) is 54.4 Å². The minimum absolute atomic E-state index is 0. The molecule has 0 aliphatic carbocycles. The fraction of sp³-hybridized carbons (Fsp3) is 0.391. The second kappa shape index (κ2) is 11.2. The SMILES string of the molecule is CCNC(=NCCc1nc2ccccc2[nH]1)N1CCN(c2cccc(OC)c2)CC1.I. The van der Waals surface area contributed by atoms with Crippen LogP contribution in [-0.4, -0.2) is 67.2 Å². The predicted molar refractivity (Wildman–Crippen MR) is 138 cm³/mol. The Kier molecular flexibility index (Phi) is 8.39. The van der Waals surface area contributed by atoms with Crippen LogP contribution in [0, 0.1) is 0 Å². The summed E-state index contributed by atoms with van der Waals surface area (Å²) in [6.07, 6.45) is 0.799. The summed E-state index contributed by atoms with van der Waals surface area (Å²) in [5.41, 5.74) is 3.30. The van der Waals surface area contributed by atoms with Gasteiger partial charge in [-0.1, -0.05) is 18.2 Å². The molecule has 0 amide bonds. The van der Waals surface area contributed by atoms with E-state index in [9.17, 15) is 0 Å². The molecule has 2 N–H and O–H groups in total. The maximum Gasteiger partial charge on any atom is 0.194 e. The molecule has 3 aromatic rings. The van der Waals surface area contributed by atoms with E-state index in [4.69, 9.17) is 9.73 Å². The molecule has 0 saturated carbocycles. The van der Waals surface area contributed by atoms with Crippen LogP contribution in [0.2, 0.25) is 0 Å². The van der Waals surface area contributed by atoms with Crippen LogP contribution < -0.4 is 15.0 Å². The van der Waals surface area contributed by atoms with Crippen molar-refractivity contribution in [2.24, 2.45) is 4.99 Å². The van der Waals surface area contributed by atoms with Crippen molar-refractivity contribution in [3.63, 3.8) is 0 Å². The Morgan fingerprint density at radius 2 is 1.94 bits per heavy atom. The molecule has 0 spiro atoms. The summed E-state index contributed by atoms with van der Waals surface area (Å²) in [4.78, 5) is 17.6. The number of rotatable bonds is 6. The average molecular weight is 534 g/mol. The number of benzene rings is 2. The molecule has 7 nitrogen and oxygen atoms in total. The van der Waals surface area contributed by atoms with E-state index in [0.29, 0.717) is 6.54 Å². The van der Waals surface area contributed by atoms with Crippen molar-refractivity contribution < 1.29 is 4.74 Å². The molecule has 1 fully saturated rings. The maximum absolute atomic E-state index is 5.36. The van der Waals surface area contributed by atoms with Gasteiger partial charge in [0.1, 0.15) is 11.6 Å². The third-order valence-electron chi connectivity index (χ3n) is 5.38. The molecule has 31 heavy (non-hydrogen) atoms. The molecular formula is C23H31IN6O. The lowest BCUT2D eigenvalue weighted by atomic mass is 10.2. The third-order valence-corrected chi connectivity index (χ3v) is 5.38. The fourth-order valence-corrected chi connectivity index (χ4v) is 3.80. The third kappa shape index (κ3) is 5.81. The molecule has 166 valence electrons. The number of hydrogen-bond donors (Lipinski definition) is 2. The lowest BCUT2D eigenvalue weighted by Crippen LogP contribution is -2.52. The van der Waals surface area contributed by atoms with Crippen LogP contribution in [0.3, 0.4) is 0 Å². The number of nitrogens with one attached hydrogen (secondary N) is 2. The Hall–Kier alpha value is -2.49. The van der Waals surface area contributed by atoms with Gasteiger partial charge in [-0.15, -0.1) is 24.0 Å². The van der Waals surface area contributed by atoms with E-state index in [0.717, 1.165) is 67.7 Å². The van der Waals surface area contributed by atoms with Crippen LogP contribution >= 0.6 is 24.0 Å². The highest BCUT2D eigenvalue weighted by Gasteiger charge is 2.20. The lowest BCUT2D eigenvalue weighted by molar-refractivity contribution is 0.372. The molecule has 2 aromatic carbocycles. The van der Waals surface area contributed by atoms with Gasteiger partial charge in [0.25, 0.3) is 0 Å². The normalized spacial score (nSPS) is 14.5. The monoisotopic (exact) mass is 534 g/mol. The smallest absolute Gasteiger partial charge is 0.194 e. The minimum Gasteiger partial charge on any atom is -0.497 e. The highest BCUT2D eigenvalue weighted by atomic mass is 127. The summed E-state index contributed by atoms with van der Waals surface area (Å²) in [6, 6.07) is 16.4. The van der Waals surface area contributed by atoms with E-state index in [1.807, 2.05) is 30.3 Å². The van der Waals surface area contributed by atoms with E-state index >= 15 is 0 Å². The van der Waals surface area contributed by atoms with E-state index < -0.39 is 0 Å². The Morgan fingerprint density at radius 3 is 2.68 bits per heavy atom. The van der Waals surface area contributed by atoms with Crippen molar-refractivity contribution >= 4 is 46.7 Å². The number of aliphatic imine (C=N–C) groups is 1. The van der Waals surface area contributed by atoms with Crippen LogP contribution in [0.25, 0.3) is 11.0 Å². The van der Waals surface area contributed by atoms with Crippen molar-refractivity contribution in [1.82, 2.24) is 20.2 Å². The zero-order valence-electron chi connectivity index (χ0n) is 18.2. The standard InChI is InChI=1S/C23H30N6O.HI/c1-3-24-23(25-12-11-22-26-20-9-4-5-10-21(20)27-22)29-15-13-28(14-16-29)18-7-6-8-19(17-18)30-2;/h4-10,17H,3,11-16H2,1-2H3,(H,24,25)(H,26,27);1H. The van der Waals surface area contributed by atoms with Gasteiger partial charge in [-0.05, 0) is 31.2 Å². The van der Waals surface area contributed by atoms with Gasteiger partial charge >= 0.3 is 0 Å². The molecule has 0 radical (unpaired) electrons. The summed E-state index contributed by atoms with van der Waals surface area (Å²) < 4.78 is 5.36. The van der Waals surface area contributed by atoms with E-state index in [1.165, 1.54) is 5.69 Å². The van der Waals surface area contributed by atoms with Gasteiger partial charge in [0.2, 0.25) is 0 Å². The van der Waals surface area contributed by atoms with Crippen LogP contribution in [0.1, 0.15) is 12.7 Å². The number of para-hydroxylation sites is 2. The maximum atomic E-state index is 5.36. The van der Waals surface area contributed by atoms with Crippen LogP contribution in [-0.2, 0) is 6.42 Å². The number of fused-ring (bicyclic) bond motifs is 1. The first-order valence-corrected chi connectivity index (χ1v) is 10.6. The Morgan fingerprint density at radius 1 is 1.13 bits per heavy atom. The highest BCUT2D eigenvalue weighted by Crippen LogP contribution is 2.22. The summed E-state index contributed by atoms with van der Waals surface area (Å²) in [7, 11) is 1.71. The van der Waals surface area contributed by atoms with Gasteiger partial charge in [0.05, 0.1) is 18.1 Å². The first kappa shape index (κ1) is 23.2. The Bertz CT molecular complexity index is 963. The van der Waals surface area contributed by atoms with Crippen molar-refractivity contribution in [2.45, 2.75) is 13.3 Å². The number of aromatic amines is 1. The average Bonchev–Trinajstić information content (AvgIpc) is 3.21. The van der Waals surface area contributed by atoms with Crippen LogP contribution in [0.15, 0.2) is 53.5 Å². The quantitative estimate of drug-likeness (QED) is 0.288. The number of ether oxygens (including phenoxy) is 1. The first-order chi connectivity index (χ1) is 14.8. The second-order valence-corrected chi connectivity index (χ2v) is 7.36. The fourth-order valence-electron chi connectivity index (χ4n) is 3.80. The zero-order chi connectivity index (χ0) is 20.8. The summed E-state index contributed by atoms with van der Waals surface area (Å²) in [5, 5.41) is 3.44. The van der Waals surface area contributed by atoms with Crippen molar-refractivity contribution in [3.8, 4) is 5.75 Å². The molecule has 0 atom stereocenters. The number of piperazine rings is 1. The van der Waals surface area contributed by atoms with E-state index in [2.05, 4.69) is 50.2 Å². The van der Waals surface area contributed by atoms with Gasteiger partial charge in [0, 0.05) is 57.4 Å². The van der Waals surface area contributed by atoms with Crippen LogP contribution in [0.4, 0.5) is 5.69 Å². The second-order valence-electron chi connectivity index (χ2n) is 7.36. The summed E-state index contributed by atoms with van der Waals surface area (Å²) in [6.45, 7) is 7.47. The molecule has 4 rings (SSSR count). The van der Waals surface area contributed by atoms with Crippen molar-refractivity contribution in [1.29, 1.82) is 0 Å². The van der Waals surface area contributed by atoms with Gasteiger partial charge in [-0.2, -0.15) is 0 Å². The molecule has 1 aliphatic heterocycles.